The lowest BCUT2D eigenvalue weighted by molar-refractivity contribution is 0.243. The van der Waals surface area contributed by atoms with Crippen molar-refractivity contribution in [2.75, 3.05) is 27.0 Å². The number of fused-ring (bicyclic) bond motifs is 1. The highest BCUT2D eigenvalue weighted by Crippen LogP contribution is 2.36. The highest BCUT2D eigenvalue weighted by molar-refractivity contribution is 7.99. The van der Waals surface area contributed by atoms with Crippen molar-refractivity contribution in [2.45, 2.75) is 19.5 Å². The molecule has 0 aliphatic carbocycles. The quantitative estimate of drug-likeness (QED) is 0.827. The SMILES string of the molecule is CCN1C=C(c2cc(OC)cc(OC)c2)CC2C=NC(S(C)=O)=NC21. The van der Waals surface area contributed by atoms with Crippen LogP contribution in [0.2, 0.25) is 0 Å². The van der Waals surface area contributed by atoms with Gasteiger partial charge in [-0.25, -0.2) is 9.98 Å². The first kappa shape index (κ1) is 17.7. The molecule has 2 aliphatic heterocycles. The summed E-state index contributed by atoms with van der Waals surface area (Å²) in [7, 11) is 2.13. The van der Waals surface area contributed by atoms with E-state index in [4.69, 9.17) is 9.47 Å². The molecule has 0 bridgehead atoms. The number of rotatable bonds is 4. The first-order chi connectivity index (χ1) is 12.0. The number of methoxy groups -OCH3 is 2. The summed E-state index contributed by atoms with van der Waals surface area (Å²) in [5.74, 6) is 1.68. The second-order valence-corrected chi connectivity index (χ2v) is 7.29. The van der Waals surface area contributed by atoms with Crippen LogP contribution in [0.1, 0.15) is 18.9 Å². The Kier molecular flexibility index (Phi) is 5.22. The van der Waals surface area contributed by atoms with Crippen molar-refractivity contribution >= 4 is 27.8 Å². The van der Waals surface area contributed by atoms with Gasteiger partial charge in [-0.2, -0.15) is 0 Å². The molecule has 0 spiro atoms. The minimum Gasteiger partial charge on any atom is -0.497 e. The van der Waals surface area contributed by atoms with Crippen LogP contribution >= 0.6 is 0 Å². The van der Waals surface area contributed by atoms with E-state index < -0.39 is 10.8 Å². The van der Waals surface area contributed by atoms with Crippen LogP contribution in [0.4, 0.5) is 0 Å². The van der Waals surface area contributed by atoms with Gasteiger partial charge in [0.1, 0.15) is 17.7 Å². The number of hydrogen-bond acceptors (Lipinski definition) is 6. The average molecular weight is 361 g/mol. The van der Waals surface area contributed by atoms with Gasteiger partial charge in [0.2, 0.25) is 5.17 Å². The van der Waals surface area contributed by atoms with Crippen LogP contribution in [0.3, 0.4) is 0 Å². The zero-order valence-corrected chi connectivity index (χ0v) is 15.7. The third-order valence-electron chi connectivity index (χ3n) is 4.46. The van der Waals surface area contributed by atoms with Crippen LogP contribution in [0.15, 0.2) is 34.4 Å². The van der Waals surface area contributed by atoms with Crippen molar-refractivity contribution in [2.24, 2.45) is 15.9 Å². The first-order valence-corrected chi connectivity index (χ1v) is 9.76. The fourth-order valence-corrected chi connectivity index (χ4v) is 3.62. The van der Waals surface area contributed by atoms with Crippen molar-refractivity contribution in [3.63, 3.8) is 0 Å². The van der Waals surface area contributed by atoms with Gasteiger partial charge in [-0.05, 0) is 36.6 Å². The molecule has 134 valence electrons. The topological polar surface area (TPSA) is 63.5 Å². The third kappa shape index (κ3) is 3.61. The summed E-state index contributed by atoms with van der Waals surface area (Å²) < 4.78 is 22.5. The Labute approximate surface area is 150 Å². The maximum atomic E-state index is 11.7. The lowest BCUT2D eigenvalue weighted by Crippen LogP contribution is -2.42. The first-order valence-electron chi connectivity index (χ1n) is 8.21. The Hall–Kier alpha value is -2.15. The molecule has 25 heavy (non-hydrogen) atoms. The van der Waals surface area contributed by atoms with Gasteiger partial charge in [0.25, 0.3) is 0 Å². The monoisotopic (exact) mass is 361 g/mol. The van der Waals surface area contributed by atoms with Crippen LogP contribution in [0, 0.1) is 5.92 Å². The fourth-order valence-electron chi connectivity index (χ4n) is 3.15. The Morgan fingerprint density at radius 1 is 1.24 bits per heavy atom. The maximum absolute atomic E-state index is 11.7. The molecular formula is C18H23N3O3S. The smallest absolute Gasteiger partial charge is 0.215 e. The van der Waals surface area contributed by atoms with E-state index in [1.165, 1.54) is 5.57 Å². The van der Waals surface area contributed by atoms with Crippen molar-refractivity contribution in [1.82, 2.24) is 4.90 Å². The molecule has 1 aromatic rings. The molecule has 0 saturated heterocycles. The van der Waals surface area contributed by atoms with E-state index >= 15 is 0 Å². The molecule has 3 unspecified atom stereocenters. The van der Waals surface area contributed by atoms with Gasteiger partial charge in [0, 0.05) is 37.2 Å². The predicted octanol–water partition coefficient (Wildman–Crippen LogP) is 2.53. The Morgan fingerprint density at radius 3 is 2.48 bits per heavy atom. The van der Waals surface area contributed by atoms with Gasteiger partial charge >= 0.3 is 0 Å². The zero-order valence-electron chi connectivity index (χ0n) is 14.9. The number of hydrogen-bond donors (Lipinski definition) is 0. The van der Waals surface area contributed by atoms with Crippen LogP contribution < -0.4 is 9.47 Å². The summed E-state index contributed by atoms with van der Waals surface area (Å²) in [6.45, 7) is 2.90. The molecule has 7 heteroatoms. The van der Waals surface area contributed by atoms with E-state index in [-0.39, 0.29) is 12.1 Å². The lowest BCUT2D eigenvalue weighted by atomic mass is 9.89. The number of amidine groups is 1. The van der Waals surface area contributed by atoms with Gasteiger partial charge in [0.05, 0.1) is 25.0 Å². The zero-order chi connectivity index (χ0) is 18.0. The van der Waals surface area contributed by atoms with Crippen LogP contribution in [0.25, 0.3) is 5.57 Å². The summed E-state index contributed by atoms with van der Waals surface area (Å²) in [5.41, 5.74) is 2.25. The number of nitrogens with zero attached hydrogens (tertiary/aromatic N) is 3. The third-order valence-corrected chi connectivity index (χ3v) is 5.19. The van der Waals surface area contributed by atoms with E-state index in [2.05, 4.69) is 28.0 Å². The summed E-state index contributed by atoms with van der Waals surface area (Å²) in [6, 6.07) is 5.89. The van der Waals surface area contributed by atoms with Gasteiger partial charge in [-0.3, -0.25) is 4.21 Å². The normalized spacial score (nSPS) is 23.4. The molecule has 0 N–H and O–H groups in total. The molecular weight excluding hydrogens is 338 g/mol. The minimum absolute atomic E-state index is 0.0438. The summed E-state index contributed by atoms with van der Waals surface area (Å²) in [4.78, 5) is 11.1. The molecule has 0 aromatic heterocycles. The van der Waals surface area contributed by atoms with E-state index in [9.17, 15) is 4.21 Å². The average Bonchev–Trinajstić information content (AvgIpc) is 2.65. The molecule has 3 atom stereocenters. The van der Waals surface area contributed by atoms with E-state index in [0.29, 0.717) is 5.17 Å². The molecule has 2 aliphatic rings. The molecule has 2 heterocycles. The van der Waals surface area contributed by atoms with E-state index in [1.807, 2.05) is 24.4 Å². The van der Waals surface area contributed by atoms with E-state index in [1.54, 1.807) is 20.5 Å². The highest BCUT2D eigenvalue weighted by Gasteiger charge is 2.33. The molecule has 0 saturated carbocycles. The van der Waals surface area contributed by atoms with Crippen LogP contribution in [-0.2, 0) is 10.8 Å². The summed E-state index contributed by atoms with van der Waals surface area (Å²) in [6.07, 6.45) is 6.40. The largest absolute Gasteiger partial charge is 0.497 e. The number of allylic oxidation sites excluding steroid dienone is 1. The Balaban J connectivity index is 1.98. The molecule has 3 rings (SSSR count). The standard InChI is InChI=1S/C18H23N3O3S/c1-5-21-11-14(12-7-15(23-2)9-16(8-12)24-3)6-13-10-19-18(25(4)22)20-17(13)21/h7-11,13,17H,5-6H2,1-4H3. The van der Waals surface area contributed by atoms with Crippen LogP contribution in [0.5, 0.6) is 11.5 Å². The number of benzene rings is 1. The van der Waals surface area contributed by atoms with Gasteiger partial charge in [-0.1, -0.05) is 0 Å². The van der Waals surface area contributed by atoms with Crippen molar-refractivity contribution in [3.05, 3.63) is 30.0 Å². The molecule has 0 radical (unpaired) electrons. The lowest BCUT2D eigenvalue weighted by Gasteiger charge is -2.38. The van der Waals surface area contributed by atoms with Crippen molar-refractivity contribution in [3.8, 4) is 11.5 Å². The molecule has 0 fully saturated rings. The van der Waals surface area contributed by atoms with Gasteiger partial charge in [-0.15, -0.1) is 0 Å². The van der Waals surface area contributed by atoms with Gasteiger partial charge in [0.15, 0.2) is 0 Å². The van der Waals surface area contributed by atoms with Crippen molar-refractivity contribution < 1.29 is 13.7 Å². The maximum Gasteiger partial charge on any atom is 0.215 e. The molecule has 0 amide bonds. The summed E-state index contributed by atoms with van der Waals surface area (Å²) in [5, 5.41) is 0.416. The molecule has 1 aromatic carbocycles. The van der Waals surface area contributed by atoms with E-state index in [0.717, 1.165) is 30.0 Å². The minimum atomic E-state index is -1.17. The number of aliphatic imine (C=N–C) groups is 2. The van der Waals surface area contributed by atoms with Crippen LogP contribution in [-0.4, -0.2) is 53.7 Å². The van der Waals surface area contributed by atoms with Crippen molar-refractivity contribution in [1.29, 1.82) is 0 Å². The predicted molar refractivity (Wildman–Crippen MR) is 102 cm³/mol. The Bertz CT molecular complexity index is 751. The number of ether oxygens (including phenoxy) is 2. The second-order valence-electron chi connectivity index (χ2n) is 6.01. The fraction of sp³-hybridized carbons (Fsp3) is 0.444. The Morgan fingerprint density at radius 2 is 1.92 bits per heavy atom. The summed E-state index contributed by atoms with van der Waals surface area (Å²) >= 11 is 0. The highest BCUT2D eigenvalue weighted by atomic mass is 32.2. The van der Waals surface area contributed by atoms with Gasteiger partial charge < -0.3 is 14.4 Å². The molecule has 6 nitrogen and oxygen atoms in total. The second kappa shape index (κ2) is 7.39.